The summed E-state index contributed by atoms with van der Waals surface area (Å²) in [6.07, 6.45) is 3.87. The molecule has 0 heterocycles. The van der Waals surface area contributed by atoms with Gasteiger partial charge in [0.2, 0.25) is 0 Å². The maximum Gasteiger partial charge on any atom is 0.416 e. The number of alkyl halides is 3. The van der Waals surface area contributed by atoms with E-state index in [0.29, 0.717) is 0 Å². The summed E-state index contributed by atoms with van der Waals surface area (Å²) in [6.45, 7) is 6.11. The van der Waals surface area contributed by atoms with Crippen LogP contribution in [0, 0.1) is 0 Å². The third kappa shape index (κ3) is 6.11. The van der Waals surface area contributed by atoms with Crippen LogP contribution in [0.15, 0.2) is 18.2 Å². The van der Waals surface area contributed by atoms with Gasteiger partial charge >= 0.3 is 6.18 Å². The number of aryl methyl sites for hydroxylation is 1. The second-order valence-corrected chi connectivity index (χ2v) is 6.08. The summed E-state index contributed by atoms with van der Waals surface area (Å²) in [5.41, 5.74) is 1.39. The highest BCUT2D eigenvalue weighted by atomic mass is 19.4. The Morgan fingerprint density at radius 2 is 1.57 bits per heavy atom. The van der Waals surface area contributed by atoms with Crippen molar-refractivity contribution in [2.24, 2.45) is 0 Å². The normalized spacial score (nSPS) is 12.1. The maximum atomic E-state index is 12.8. The number of rotatable bonds is 8. The number of hydrogen-bond donors (Lipinski definition) is 0. The molecule has 0 aliphatic carbocycles. The van der Waals surface area contributed by atoms with Crippen LogP contribution in [-0.2, 0) is 12.6 Å². The molecule has 0 fully saturated rings. The fraction of sp³-hybridized carbons (Fsp3) is 0.667. The van der Waals surface area contributed by atoms with Crippen molar-refractivity contribution in [3.63, 3.8) is 0 Å². The zero-order valence-electron chi connectivity index (χ0n) is 13.4. The van der Waals surface area contributed by atoms with Crippen molar-refractivity contribution >= 4 is 0 Å². The summed E-state index contributed by atoms with van der Waals surface area (Å²) in [6, 6.07) is 4.22. The molecule has 1 aromatic carbocycles. The summed E-state index contributed by atoms with van der Waals surface area (Å²) >= 11 is 0. The number of benzene rings is 1. The van der Waals surface area contributed by atoms with Crippen LogP contribution in [0.1, 0.15) is 81.9 Å². The Hall–Kier alpha value is -0.990. The molecule has 0 atom stereocenters. The first kappa shape index (κ1) is 18.1. The Morgan fingerprint density at radius 1 is 0.952 bits per heavy atom. The second kappa shape index (κ2) is 8.45. The quantitative estimate of drug-likeness (QED) is 0.467. The van der Waals surface area contributed by atoms with Crippen LogP contribution in [0.2, 0.25) is 0 Å². The van der Waals surface area contributed by atoms with Crippen LogP contribution in [0.3, 0.4) is 0 Å². The molecule has 0 nitrogen and oxygen atoms in total. The summed E-state index contributed by atoms with van der Waals surface area (Å²) in [7, 11) is 0. The lowest BCUT2D eigenvalue weighted by atomic mass is 9.91. The minimum Gasteiger partial charge on any atom is -0.166 e. The average Bonchev–Trinajstić information content (AvgIpc) is 2.41. The number of unbranched alkanes of at least 4 members (excludes halogenated alkanes) is 5. The minimum atomic E-state index is -4.25. The van der Waals surface area contributed by atoms with Gasteiger partial charge in [-0.15, -0.1) is 0 Å². The first-order chi connectivity index (χ1) is 9.86. The van der Waals surface area contributed by atoms with E-state index in [0.717, 1.165) is 24.0 Å². The van der Waals surface area contributed by atoms with Crippen molar-refractivity contribution in [3.05, 3.63) is 34.9 Å². The van der Waals surface area contributed by atoms with Gasteiger partial charge in [-0.05, 0) is 42.0 Å². The minimum absolute atomic E-state index is 0.127. The summed E-state index contributed by atoms with van der Waals surface area (Å²) in [4.78, 5) is 0. The van der Waals surface area contributed by atoms with Crippen molar-refractivity contribution in [2.45, 2.75) is 77.8 Å². The average molecular weight is 300 g/mol. The first-order valence-corrected chi connectivity index (χ1v) is 8.06. The number of hydrogen-bond acceptors (Lipinski definition) is 0. The molecule has 21 heavy (non-hydrogen) atoms. The van der Waals surface area contributed by atoms with Crippen molar-refractivity contribution in [1.82, 2.24) is 0 Å². The molecule has 0 aliphatic heterocycles. The van der Waals surface area contributed by atoms with Gasteiger partial charge in [0.25, 0.3) is 0 Å². The Bertz CT molecular complexity index is 419. The third-order valence-corrected chi connectivity index (χ3v) is 3.89. The largest absolute Gasteiger partial charge is 0.416 e. The van der Waals surface area contributed by atoms with E-state index in [1.807, 2.05) is 13.8 Å². The smallest absolute Gasteiger partial charge is 0.166 e. The van der Waals surface area contributed by atoms with Crippen LogP contribution in [0.4, 0.5) is 13.2 Å². The summed E-state index contributed by atoms with van der Waals surface area (Å²) in [5.74, 6) is 0.127. The number of halogens is 3. The Morgan fingerprint density at radius 3 is 2.14 bits per heavy atom. The van der Waals surface area contributed by atoms with E-state index in [4.69, 9.17) is 0 Å². The van der Waals surface area contributed by atoms with Gasteiger partial charge in [0.1, 0.15) is 0 Å². The Kier molecular flexibility index (Phi) is 7.27. The van der Waals surface area contributed by atoms with Crippen LogP contribution in [0.25, 0.3) is 0 Å². The van der Waals surface area contributed by atoms with E-state index in [1.165, 1.54) is 44.2 Å². The molecule has 0 aliphatic rings. The maximum absolute atomic E-state index is 12.8. The Labute approximate surface area is 126 Å². The zero-order chi connectivity index (χ0) is 15.9. The monoisotopic (exact) mass is 300 g/mol. The van der Waals surface area contributed by atoms with Crippen LogP contribution < -0.4 is 0 Å². The lowest BCUT2D eigenvalue weighted by Gasteiger charge is -2.16. The van der Waals surface area contributed by atoms with Crippen LogP contribution in [-0.4, -0.2) is 0 Å². The third-order valence-electron chi connectivity index (χ3n) is 3.89. The van der Waals surface area contributed by atoms with Crippen molar-refractivity contribution in [3.8, 4) is 0 Å². The van der Waals surface area contributed by atoms with Gasteiger partial charge in [-0.3, -0.25) is 0 Å². The molecule has 0 saturated carbocycles. The van der Waals surface area contributed by atoms with E-state index < -0.39 is 11.7 Å². The van der Waals surface area contributed by atoms with Gasteiger partial charge in [-0.1, -0.05) is 58.9 Å². The lowest BCUT2D eigenvalue weighted by molar-refractivity contribution is -0.137. The molecule has 0 radical (unpaired) electrons. The van der Waals surface area contributed by atoms with Gasteiger partial charge in [-0.25, -0.2) is 0 Å². The molecule has 0 bridgehead atoms. The molecule has 0 spiro atoms. The lowest BCUT2D eigenvalue weighted by Crippen LogP contribution is -2.07. The van der Waals surface area contributed by atoms with Gasteiger partial charge < -0.3 is 0 Å². The van der Waals surface area contributed by atoms with Crippen molar-refractivity contribution < 1.29 is 13.2 Å². The highest BCUT2D eigenvalue weighted by Crippen LogP contribution is 2.33. The van der Waals surface area contributed by atoms with Gasteiger partial charge in [0, 0.05) is 0 Å². The highest BCUT2D eigenvalue weighted by Gasteiger charge is 2.31. The molecule has 0 N–H and O–H groups in total. The van der Waals surface area contributed by atoms with Crippen LogP contribution in [0.5, 0.6) is 0 Å². The molecule has 0 unspecified atom stereocenters. The summed E-state index contributed by atoms with van der Waals surface area (Å²) in [5, 5.41) is 0. The van der Waals surface area contributed by atoms with E-state index >= 15 is 0 Å². The molecule has 0 saturated heterocycles. The molecule has 120 valence electrons. The van der Waals surface area contributed by atoms with Crippen molar-refractivity contribution in [1.29, 1.82) is 0 Å². The first-order valence-electron chi connectivity index (χ1n) is 8.06. The van der Waals surface area contributed by atoms with Gasteiger partial charge in [0.05, 0.1) is 5.56 Å². The molecule has 1 rings (SSSR count). The SMILES string of the molecule is CCCCCCCCc1ccc(C(F)(F)F)cc1C(C)C. The molecule has 0 aromatic heterocycles. The van der Waals surface area contributed by atoms with E-state index in [2.05, 4.69) is 6.92 Å². The molecule has 3 heteroatoms. The molecular formula is C18H27F3. The molecule has 0 amide bonds. The van der Waals surface area contributed by atoms with Gasteiger partial charge in [-0.2, -0.15) is 13.2 Å². The summed E-state index contributed by atoms with van der Waals surface area (Å²) < 4.78 is 38.4. The fourth-order valence-electron chi connectivity index (χ4n) is 2.63. The highest BCUT2D eigenvalue weighted by molar-refractivity contribution is 5.35. The predicted octanol–water partition coefficient (Wildman–Crippen LogP) is 6.73. The molecular weight excluding hydrogens is 273 g/mol. The predicted molar refractivity (Wildman–Crippen MR) is 82.6 cm³/mol. The zero-order valence-corrected chi connectivity index (χ0v) is 13.4. The van der Waals surface area contributed by atoms with Crippen molar-refractivity contribution in [2.75, 3.05) is 0 Å². The van der Waals surface area contributed by atoms with E-state index in [-0.39, 0.29) is 5.92 Å². The standard InChI is InChI=1S/C18H27F3/c1-4-5-6-7-8-9-10-15-11-12-16(18(19,20)21)13-17(15)14(2)3/h11-14H,4-10H2,1-3H3. The second-order valence-electron chi connectivity index (χ2n) is 6.08. The van der Waals surface area contributed by atoms with E-state index in [9.17, 15) is 13.2 Å². The fourth-order valence-corrected chi connectivity index (χ4v) is 2.63. The van der Waals surface area contributed by atoms with E-state index in [1.54, 1.807) is 6.07 Å². The molecule has 1 aromatic rings. The van der Waals surface area contributed by atoms with Gasteiger partial charge in [0.15, 0.2) is 0 Å². The Balaban J connectivity index is 2.65. The topological polar surface area (TPSA) is 0 Å². The van der Waals surface area contributed by atoms with Crippen LogP contribution >= 0.6 is 0 Å².